The smallest absolute Gasteiger partial charge is 0.315 e. The van der Waals surface area contributed by atoms with Crippen LogP contribution in [0.25, 0.3) is 0 Å². The summed E-state index contributed by atoms with van der Waals surface area (Å²) in [6.07, 6.45) is 0. The number of carbonyl (C=O) groups is 2. The Kier molecular flexibility index (Phi) is 7.02. The zero-order valence-corrected chi connectivity index (χ0v) is 15.3. The Balaban J connectivity index is 1.77. The van der Waals surface area contributed by atoms with E-state index < -0.39 is 0 Å². The third kappa shape index (κ3) is 6.12. The Morgan fingerprint density at radius 1 is 0.962 bits per heavy atom. The molecule has 0 aliphatic rings. The summed E-state index contributed by atoms with van der Waals surface area (Å²) < 4.78 is 5.16. The monoisotopic (exact) mass is 355 g/mol. The standard InChI is InChI=1S/C20H25N3O3/c1-14(2)19(24)23-17-9-7-15(8-10-17)12-21-20(25)22-13-16-5-4-6-18(11-16)26-3/h4-11,14H,12-13H2,1-3H3,(H,23,24)(H2,21,22,25). The number of amides is 3. The van der Waals surface area contributed by atoms with Crippen LogP contribution in [0.5, 0.6) is 5.75 Å². The van der Waals surface area contributed by atoms with E-state index >= 15 is 0 Å². The molecule has 0 aromatic heterocycles. The lowest BCUT2D eigenvalue weighted by Crippen LogP contribution is -2.34. The zero-order chi connectivity index (χ0) is 18.9. The van der Waals surface area contributed by atoms with Crippen molar-refractivity contribution in [3.8, 4) is 5.75 Å². The lowest BCUT2D eigenvalue weighted by molar-refractivity contribution is -0.118. The molecule has 0 aliphatic heterocycles. The zero-order valence-electron chi connectivity index (χ0n) is 15.3. The van der Waals surface area contributed by atoms with Crippen molar-refractivity contribution in [3.63, 3.8) is 0 Å². The number of hydrogen-bond donors (Lipinski definition) is 3. The van der Waals surface area contributed by atoms with Gasteiger partial charge < -0.3 is 20.7 Å². The van der Waals surface area contributed by atoms with Crippen molar-refractivity contribution >= 4 is 17.6 Å². The van der Waals surface area contributed by atoms with Crippen LogP contribution in [0, 0.1) is 5.92 Å². The second-order valence-electron chi connectivity index (χ2n) is 6.23. The summed E-state index contributed by atoms with van der Waals surface area (Å²) in [7, 11) is 1.61. The third-order valence-electron chi connectivity index (χ3n) is 3.79. The topological polar surface area (TPSA) is 79.5 Å². The number of anilines is 1. The molecule has 26 heavy (non-hydrogen) atoms. The van der Waals surface area contributed by atoms with E-state index in [9.17, 15) is 9.59 Å². The maximum absolute atomic E-state index is 11.9. The van der Waals surface area contributed by atoms with E-state index in [1.165, 1.54) is 0 Å². The number of rotatable bonds is 7. The van der Waals surface area contributed by atoms with E-state index in [2.05, 4.69) is 16.0 Å². The van der Waals surface area contributed by atoms with Crippen LogP contribution in [0.1, 0.15) is 25.0 Å². The van der Waals surface area contributed by atoms with Crippen molar-refractivity contribution in [2.24, 2.45) is 5.92 Å². The van der Waals surface area contributed by atoms with E-state index in [1.54, 1.807) is 7.11 Å². The number of carbonyl (C=O) groups excluding carboxylic acids is 2. The molecule has 0 spiro atoms. The predicted molar refractivity (Wildman–Crippen MR) is 102 cm³/mol. The molecule has 0 fully saturated rings. The molecule has 0 aliphatic carbocycles. The van der Waals surface area contributed by atoms with E-state index in [0.29, 0.717) is 13.1 Å². The Morgan fingerprint density at radius 2 is 1.62 bits per heavy atom. The fourth-order valence-corrected chi connectivity index (χ4v) is 2.20. The van der Waals surface area contributed by atoms with Gasteiger partial charge in [0.2, 0.25) is 5.91 Å². The fraction of sp³-hybridized carbons (Fsp3) is 0.300. The van der Waals surface area contributed by atoms with Gasteiger partial charge >= 0.3 is 6.03 Å². The van der Waals surface area contributed by atoms with Crippen molar-refractivity contribution in [3.05, 3.63) is 59.7 Å². The lowest BCUT2D eigenvalue weighted by Gasteiger charge is -2.10. The summed E-state index contributed by atoms with van der Waals surface area (Å²) in [5.41, 5.74) is 2.66. The first kappa shape index (κ1) is 19.3. The van der Waals surface area contributed by atoms with Gasteiger partial charge in [0.1, 0.15) is 5.75 Å². The Hall–Kier alpha value is -3.02. The second kappa shape index (κ2) is 9.46. The molecular weight excluding hydrogens is 330 g/mol. The largest absolute Gasteiger partial charge is 0.497 e. The summed E-state index contributed by atoms with van der Waals surface area (Å²) in [5.74, 6) is 0.673. The molecule has 0 radical (unpaired) electrons. The molecule has 0 heterocycles. The van der Waals surface area contributed by atoms with Gasteiger partial charge in [-0.2, -0.15) is 0 Å². The van der Waals surface area contributed by atoms with Crippen LogP contribution < -0.4 is 20.7 Å². The molecule has 3 N–H and O–H groups in total. The number of benzene rings is 2. The minimum absolute atomic E-state index is 0.0206. The molecule has 0 saturated carbocycles. The number of ether oxygens (including phenoxy) is 1. The Labute approximate surface area is 153 Å². The van der Waals surface area contributed by atoms with Crippen LogP contribution in [-0.4, -0.2) is 19.0 Å². The molecule has 138 valence electrons. The Morgan fingerprint density at radius 3 is 2.23 bits per heavy atom. The summed E-state index contributed by atoms with van der Waals surface area (Å²) in [6, 6.07) is 14.7. The first-order chi connectivity index (χ1) is 12.5. The molecule has 6 heteroatoms. The molecule has 3 amide bonds. The summed E-state index contributed by atoms with van der Waals surface area (Å²) in [5, 5.41) is 8.45. The molecule has 0 saturated heterocycles. The van der Waals surface area contributed by atoms with E-state index in [-0.39, 0.29) is 17.9 Å². The first-order valence-corrected chi connectivity index (χ1v) is 8.52. The average molecular weight is 355 g/mol. The molecular formula is C20H25N3O3. The van der Waals surface area contributed by atoms with Crippen LogP contribution >= 0.6 is 0 Å². The van der Waals surface area contributed by atoms with Gasteiger partial charge in [0.25, 0.3) is 0 Å². The van der Waals surface area contributed by atoms with E-state index in [0.717, 1.165) is 22.6 Å². The van der Waals surface area contributed by atoms with Crippen molar-refractivity contribution < 1.29 is 14.3 Å². The molecule has 2 aromatic rings. The minimum Gasteiger partial charge on any atom is -0.497 e. The van der Waals surface area contributed by atoms with Gasteiger partial charge in [0.15, 0.2) is 0 Å². The first-order valence-electron chi connectivity index (χ1n) is 8.52. The van der Waals surface area contributed by atoms with Gasteiger partial charge in [-0.1, -0.05) is 38.1 Å². The molecule has 0 bridgehead atoms. The highest BCUT2D eigenvalue weighted by Crippen LogP contribution is 2.12. The highest BCUT2D eigenvalue weighted by molar-refractivity contribution is 5.92. The summed E-state index contributed by atoms with van der Waals surface area (Å²) >= 11 is 0. The van der Waals surface area contributed by atoms with Crippen molar-refractivity contribution in [1.29, 1.82) is 0 Å². The van der Waals surface area contributed by atoms with Gasteiger partial charge in [-0.25, -0.2) is 4.79 Å². The quantitative estimate of drug-likeness (QED) is 0.713. The van der Waals surface area contributed by atoms with Crippen molar-refractivity contribution in [2.75, 3.05) is 12.4 Å². The molecule has 2 rings (SSSR count). The number of methoxy groups -OCH3 is 1. The van der Waals surface area contributed by atoms with Crippen LogP contribution in [0.2, 0.25) is 0 Å². The number of hydrogen-bond acceptors (Lipinski definition) is 3. The van der Waals surface area contributed by atoms with E-state index in [1.807, 2.05) is 62.4 Å². The minimum atomic E-state index is -0.245. The highest BCUT2D eigenvalue weighted by atomic mass is 16.5. The van der Waals surface area contributed by atoms with Crippen molar-refractivity contribution in [1.82, 2.24) is 10.6 Å². The van der Waals surface area contributed by atoms with E-state index in [4.69, 9.17) is 4.74 Å². The highest BCUT2D eigenvalue weighted by Gasteiger charge is 2.07. The van der Waals surface area contributed by atoms with Crippen LogP contribution in [0.4, 0.5) is 10.5 Å². The SMILES string of the molecule is COc1cccc(CNC(=O)NCc2ccc(NC(=O)C(C)C)cc2)c1. The van der Waals surface area contributed by atoms with Gasteiger partial charge in [0, 0.05) is 24.7 Å². The maximum Gasteiger partial charge on any atom is 0.315 e. The maximum atomic E-state index is 11.9. The van der Waals surface area contributed by atoms with Crippen LogP contribution in [-0.2, 0) is 17.9 Å². The van der Waals surface area contributed by atoms with Gasteiger partial charge in [-0.15, -0.1) is 0 Å². The lowest BCUT2D eigenvalue weighted by atomic mass is 10.1. The van der Waals surface area contributed by atoms with Crippen molar-refractivity contribution in [2.45, 2.75) is 26.9 Å². The average Bonchev–Trinajstić information content (AvgIpc) is 2.65. The molecule has 0 atom stereocenters. The number of urea groups is 1. The summed E-state index contributed by atoms with van der Waals surface area (Å²) in [6.45, 7) is 4.51. The summed E-state index contributed by atoms with van der Waals surface area (Å²) in [4.78, 5) is 23.6. The van der Waals surface area contributed by atoms with Gasteiger partial charge in [-0.05, 0) is 35.4 Å². The van der Waals surface area contributed by atoms with Crippen LogP contribution in [0.3, 0.4) is 0 Å². The predicted octanol–water partition coefficient (Wildman–Crippen LogP) is 3.29. The third-order valence-corrected chi connectivity index (χ3v) is 3.79. The van der Waals surface area contributed by atoms with Crippen LogP contribution in [0.15, 0.2) is 48.5 Å². The Bertz CT molecular complexity index is 742. The fourth-order valence-electron chi connectivity index (χ4n) is 2.20. The molecule has 0 unspecified atom stereocenters. The number of nitrogens with one attached hydrogen (secondary N) is 3. The second-order valence-corrected chi connectivity index (χ2v) is 6.23. The normalized spacial score (nSPS) is 10.3. The van der Waals surface area contributed by atoms with Gasteiger partial charge in [0.05, 0.1) is 7.11 Å². The molecule has 6 nitrogen and oxygen atoms in total. The molecule has 2 aromatic carbocycles. The van der Waals surface area contributed by atoms with Gasteiger partial charge in [-0.3, -0.25) is 4.79 Å².